The van der Waals surface area contributed by atoms with Crippen LogP contribution >= 0.6 is 0 Å². The van der Waals surface area contributed by atoms with E-state index < -0.39 is 0 Å². The van der Waals surface area contributed by atoms with E-state index in [-0.39, 0.29) is 0 Å². The molecule has 3 heterocycles. The van der Waals surface area contributed by atoms with Gasteiger partial charge in [0.2, 0.25) is 11.4 Å². The van der Waals surface area contributed by atoms with Crippen LogP contribution in [0.2, 0.25) is 0 Å². The van der Waals surface area contributed by atoms with Crippen molar-refractivity contribution in [1.82, 2.24) is 4.98 Å². The molecule has 0 amide bonds. The Kier molecular flexibility index (Phi) is 5.44. The summed E-state index contributed by atoms with van der Waals surface area (Å²) >= 11 is 0. The molecule has 6 rings (SSSR count). The van der Waals surface area contributed by atoms with Crippen LogP contribution in [0.5, 0.6) is 0 Å². The molecule has 2 aromatic carbocycles. The summed E-state index contributed by atoms with van der Waals surface area (Å²) < 4.78 is 8.66. The van der Waals surface area contributed by atoms with Gasteiger partial charge in [-0.05, 0) is 66.5 Å². The second kappa shape index (κ2) is 8.64. The molecule has 0 N–H and O–H groups in total. The maximum absolute atomic E-state index is 6.43. The molecule has 0 saturated heterocycles. The van der Waals surface area contributed by atoms with Crippen LogP contribution in [-0.2, 0) is 7.05 Å². The smallest absolute Gasteiger partial charge is 0.227 e. The fourth-order valence-corrected chi connectivity index (χ4v) is 5.74. The number of furan rings is 1. The summed E-state index contributed by atoms with van der Waals surface area (Å²) in [5, 5.41) is 2.20. The number of hydrogen-bond donors (Lipinski definition) is 0. The highest BCUT2D eigenvalue weighted by molar-refractivity contribution is 6.08. The zero-order chi connectivity index (χ0) is 24.1. The molecule has 0 unspecified atom stereocenters. The normalized spacial score (nSPS) is 14.5. The van der Waals surface area contributed by atoms with Crippen molar-refractivity contribution in [3.8, 4) is 22.4 Å². The molecule has 0 aliphatic heterocycles. The van der Waals surface area contributed by atoms with Gasteiger partial charge >= 0.3 is 0 Å². The lowest BCUT2D eigenvalue weighted by Crippen LogP contribution is -2.31. The van der Waals surface area contributed by atoms with Gasteiger partial charge in [-0.25, -0.2) is 9.55 Å². The molecule has 35 heavy (non-hydrogen) atoms. The van der Waals surface area contributed by atoms with Gasteiger partial charge in [-0.15, -0.1) is 0 Å². The molecule has 1 aliphatic rings. The van der Waals surface area contributed by atoms with Gasteiger partial charge in [-0.3, -0.25) is 0 Å². The largest absolute Gasteiger partial charge is 0.437 e. The Morgan fingerprint density at radius 2 is 1.71 bits per heavy atom. The Balaban J connectivity index is 1.45. The lowest BCUT2D eigenvalue weighted by Gasteiger charge is -2.11. The van der Waals surface area contributed by atoms with Crippen molar-refractivity contribution in [3.63, 3.8) is 0 Å². The molecule has 0 bridgehead atoms. The van der Waals surface area contributed by atoms with Crippen molar-refractivity contribution in [1.29, 1.82) is 0 Å². The predicted octanol–water partition coefficient (Wildman–Crippen LogP) is 8.23. The van der Waals surface area contributed by atoms with Gasteiger partial charge in [0.1, 0.15) is 7.05 Å². The number of pyridine rings is 2. The Morgan fingerprint density at radius 3 is 2.49 bits per heavy atom. The minimum absolute atomic E-state index is 0.367. The number of rotatable bonds is 4. The van der Waals surface area contributed by atoms with E-state index in [0.717, 1.165) is 44.9 Å². The average molecular weight is 462 g/mol. The van der Waals surface area contributed by atoms with Crippen molar-refractivity contribution in [3.05, 3.63) is 83.7 Å². The SMILES string of the molecule is Cc1ccc2c(oc3nc(C(C)C)ccc32)c1-c1ccc(-c2cccc(C3CCCC3)c2)c[n+]1C. The first-order valence-corrected chi connectivity index (χ1v) is 12.9. The molecule has 1 aliphatic carbocycles. The Morgan fingerprint density at radius 1 is 0.914 bits per heavy atom. The summed E-state index contributed by atoms with van der Waals surface area (Å²) in [5.41, 5.74) is 10.2. The van der Waals surface area contributed by atoms with Gasteiger partial charge in [0.15, 0.2) is 11.8 Å². The monoisotopic (exact) mass is 461 g/mol. The Hall–Kier alpha value is -3.46. The summed E-state index contributed by atoms with van der Waals surface area (Å²) in [6.45, 7) is 6.49. The first-order valence-electron chi connectivity index (χ1n) is 12.9. The third-order valence-electron chi connectivity index (χ3n) is 7.76. The fraction of sp³-hybridized carbons (Fsp3) is 0.312. The zero-order valence-electron chi connectivity index (χ0n) is 21.1. The highest BCUT2D eigenvalue weighted by atomic mass is 16.3. The van der Waals surface area contributed by atoms with Crippen LogP contribution in [0.1, 0.15) is 68.2 Å². The van der Waals surface area contributed by atoms with Crippen LogP contribution in [0.3, 0.4) is 0 Å². The molecule has 0 atom stereocenters. The van der Waals surface area contributed by atoms with Gasteiger partial charge in [0.05, 0.1) is 5.56 Å². The summed E-state index contributed by atoms with van der Waals surface area (Å²) in [4.78, 5) is 4.82. The van der Waals surface area contributed by atoms with E-state index in [1.165, 1.54) is 47.9 Å². The summed E-state index contributed by atoms with van der Waals surface area (Å²) in [5.74, 6) is 1.09. The van der Waals surface area contributed by atoms with Crippen molar-refractivity contribution >= 4 is 22.1 Å². The molecule has 3 aromatic heterocycles. The molecule has 1 fully saturated rings. The number of hydrogen-bond acceptors (Lipinski definition) is 2. The Labute approximate surface area is 207 Å². The highest BCUT2D eigenvalue weighted by Gasteiger charge is 2.22. The minimum Gasteiger partial charge on any atom is -0.437 e. The standard InChI is InChI=1S/C32H33N2O/c1-20(2)28-16-15-27-26-14-12-21(3)30(31(26)35-32(27)33-28)29-17-13-25(19-34(29)4)24-11-7-10-23(18-24)22-8-5-6-9-22/h7,10-20,22H,5-6,8-9H2,1-4H3/q+1. The first kappa shape index (κ1) is 22.0. The molecule has 0 radical (unpaired) electrons. The van der Waals surface area contributed by atoms with Crippen molar-refractivity contribution in [2.75, 3.05) is 0 Å². The van der Waals surface area contributed by atoms with Gasteiger partial charge in [-0.2, -0.15) is 0 Å². The van der Waals surface area contributed by atoms with Crippen molar-refractivity contribution < 1.29 is 8.98 Å². The third kappa shape index (κ3) is 3.83. The van der Waals surface area contributed by atoms with Gasteiger partial charge in [0.25, 0.3) is 0 Å². The van der Waals surface area contributed by atoms with Crippen LogP contribution in [0, 0.1) is 6.92 Å². The molecular formula is C32H33N2O+. The highest BCUT2D eigenvalue weighted by Crippen LogP contribution is 2.38. The number of aryl methyl sites for hydroxylation is 2. The maximum atomic E-state index is 6.43. The Bertz CT molecular complexity index is 1550. The zero-order valence-corrected chi connectivity index (χ0v) is 21.1. The summed E-state index contributed by atoms with van der Waals surface area (Å²) in [6.07, 6.45) is 7.62. The van der Waals surface area contributed by atoms with Gasteiger partial charge in [0, 0.05) is 28.1 Å². The van der Waals surface area contributed by atoms with E-state index in [2.05, 4.69) is 99.2 Å². The molecular weight excluding hydrogens is 428 g/mol. The van der Waals surface area contributed by atoms with Crippen LogP contribution in [0.4, 0.5) is 0 Å². The van der Waals surface area contributed by atoms with E-state index in [1.54, 1.807) is 0 Å². The van der Waals surface area contributed by atoms with Crippen LogP contribution in [-0.4, -0.2) is 4.98 Å². The average Bonchev–Trinajstić information content (AvgIpc) is 3.52. The van der Waals surface area contributed by atoms with Crippen LogP contribution in [0.15, 0.2) is 71.3 Å². The predicted molar refractivity (Wildman–Crippen MR) is 144 cm³/mol. The quantitative estimate of drug-likeness (QED) is 0.252. The van der Waals surface area contributed by atoms with E-state index in [9.17, 15) is 0 Å². The topological polar surface area (TPSA) is 29.9 Å². The third-order valence-corrected chi connectivity index (χ3v) is 7.76. The van der Waals surface area contributed by atoms with Crippen LogP contribution in [0.25, 0.3) is 44.5 Å². The van der Waals surface area contributed by atoms with Crippen LogP contribution < -0.4 is 4.57 Å². The molecule has 3 nitrogen and oxygen atoms in total. The molecule has 5 aromatic rings. The number of benzene rings is 2. The summed E-state index contributed by atoms with van der Waals surface area (Å²) in [6, 6.07) is 22.3. The maximum Gasteiger partial charge on any atom is 0.227 e. The van der Waals surface area contributed by atoms with E-state index in [1.807, 2.05) is 0 Å². The van der Waals surface area contributed by atoms with Crippen molar-refractivity contribution in [2.45, 2.75) is 58.3 Å². The number of aromatic nitrogens is 2. The fourth-order valence-electron chi connectivity index (χ4n) is 5.74. The lowest BCUT2D eigenvalue weighted by molar-refractivity contribution is -0.659. The second-order valence-electron chi connectivity index (χ2n) is 10.5. The van der Waals surface area contributed by atoms with Gasteiger partial charge in [-0.1, -0.05) is 63.1 Å². The molecule has 1 saturated carbocycles. The van der Waals surface area contributed by atoms with E-state index >= 15 is 0 Å². The van der Waals surface area contributed by atoms with Crippen molar-refractivity contribution in [2.24, 2.45) is 7.05 Å². The van der Waals surface area contributed by atoms with E-state index in [4.69, 9.17) is 9.40 Å². The molecule has 176 valence electrons. The lowest BCUT2D eigenvalue weighted by atomic mass is 9.94. The minimum atomic E-state index is 0.367. The molecule has 0 spiro atoms. The number of fused-ring (bicyclic) bond motifs is 3. The second-order valence-corrected chi connectivity index (χ2v) is 10.5. The van der Waals surface area contributed by atoms with Gasteiger partial charge < -0.3 is 4.42 Å². The number of nitrogens with zero attached hydrogens (tertiary/aromatic N) is 2. The van der Waals surface area contributed by atoms with E-state index in [0.29, 0.717) is 5.92 Å². The molecule has 3 heteroatoms. The first-order chi connectivity index (χ1) is 17.0. The summed E-state index contributed by atoms with van der Waals surface area (Å²) in [7, 11) is 2.13.